The van der Waals surface area contributed by atoms with Crippen LogP contribution in [-0.2, 0) is 0 Å². The van der Waals surface area contributed by atoms with E-state index in [0.29, 0.717) is 11.1 Å². The van der Waals surface area contributed by atoms with Crippen molar-refractivity contribution in [3.63, 3.8) is 0 Å². The van der Waals surface area contributed by atoms with E-state index in [-0.39, 0.29) is 5.75 Å². The van der Waals surface area contributed by atoms with Crippen molar-refractivity contribution >= 4 is 10.8 Å². The second-order valence-electron chi connectivity index (χ2n) is 3.22. The first-order valence-electron chi connectivity index (χ1n) is 4.72. The largest absolute Gasteiger partial charge is 0.497 e. The quantitative estimate of drug-likeness (QED) is 0.794. The van der Waals surface area contributed by atoms with E-state index in [4.69, 9.17) is 4.74 Å². The molecule has 2 nitrogen and oxygen atoms in total. The molecular weight excluding hydrogens is 214 g/mol. The van der Waals surface area contributed by atoms with E-state index >= 15 is 0 Å². The van der Waals surface area contributed by atoms with Crippen molar-refractivity contribution in [1.29, 1.82) is 0 Å². The van der Waals surface area contributed by atoms with Gasteiger partial charge < -0.3 is 9.47 Å². The van der Waals surface area contributed by atoms with Gasteiger partial charge in [-0.25, -0.2) is 0 Å². The Morgan fingerprint density at radius 2 is 1.94 bits per heavy atom. The summed E-state index contributed by atoms with van der Waals surface area (Å²) in [6.45, 7) is -2.81. The fraction of sp³-hybridized carbons (Fsp3) is 0.167. The Hall–Kier alpha value is -1.84. The number of alkyl halides is 2. The molecule has 0 N–H and O–H groups in total. The first-order chi connectivity index (χ1) is 7.70. The van der Waals surface area contributed by atoms with Crippen molar-refractivity contribution in [2.75, 3.05) is 7.11 Å². The zero-order valence-electron chi connectivity index (χ0n) is 8.61. The van der Waals surface area contributed by atoms with E-state index < -0.39 is 6.61 Å². The van der Waals surface area contributed by atoms with E-state index in [1.807, 2.05) is 6.07 Å². The number of halogens is 2. The van der Waals surface area contributed by atoms with Gasteiger partial charge in [-0.3, -0.25) is 0 Å². The molecule has 16 heavy (non-hydrogen) atoms. The van der Waals surface area contributed by atoms with Crippen molar-refractivity contribution in [3.8, 4) is 11.5 Å². The summed E-state index contributed by atoms with van der Waals surface area (Å²) in [6, 6.07) is 10.2. The van der Waals surface area contributed by atoms with Crippen LogP contribution in [0.15, 0.2) is 36.4 Å². The lowest BCUT2D eigenvalue weighted by atomic mass is 10.1. The predicted molar refractivity (Wildman–Crippen MR) is 57.1 cm³/mol. The molecule has 0 aromatic heterocycles. The maximum Gasteiger partial charge on any atom is 0.387 e. The Labute approximate surface area is 91.4 Å². The topological polar surface area (TPSA) is 18.5 Å². The van der Waals surface area contributed by atoms with Gasteiger partial charge in [0.2, 0.25) is 0 Å². The molecule has 4 heteroatoms. The molecule has 0 aliphatic carbocycles. The summed E-state index contributed by atoms with van der Waals surface area (Å²) in [5, 5.41) is 1.45. The van der Waals surface area contributed by atoms with Crippen LogP contribution in [0.5, 0.6) is 11.5 Å². The third-order valence-electron chi connectivity index (χ3n) is 2.26. The van der Waals surface area contributed by atoms with Crippen molar-refractivity contribution in [2.24, 2.45) is 0 Å². The van der Waals surface area contributed by atoms with E-state index in [1.54, 1.807) is 31.4 Å². The minimum absolute atomic E-state index is 0.176. The van der Waals surface area contributed by atoms with Gasteiger partial charge in [0.05, 0.1) is 7.11 Å². The highest BCUT2D eigenvalue weighted by atomic mass is 19.3. The fourth-order valence-electron chi connectivity index (χ4n) is 1.56. The second-order valence-corrected chi connectivity index (χ2v) is 3.22. The molecule has 0 radical (unpaired) electrons. The van der Waals surface area contributed by atoms with E-state index in [1.165, 1.54) is 6.07 Å². The molecule has 0 spiro atoms. The van der Waals surface area contributed by atoms with Gasteiger partial charge in [-0.1, -0.05) is 12.1 Å². The zero-order chi connectivity index (χ0) is 11.5. The first kappa shape index (κ1) is 10.7. The van der Waals surface area contributed by atoms with Crippen LogP contribution in [0.2, 0.25) is 0 Å². The molecule has 2 aromatic rings. The van der Waals surface area contributed by atoms with Gasteiger partial charge in [-0.2, -0.15) is 8.78 Å². The first-order valence-corrected chi connectivity index (χ1v) is 4.72. The maximum atomic E-state index is 12.1. The molecule has 84 valence electrons. The van der Waals surface area contributed by atoms with Gasteiger partial charge in [0.1, 0.15) is 11.5 Å². The molecule has 2 rings (SSSR count). The standard InChI is InChI=1S/C12H10F2O2/c1-15-9-5-6-10-8(7-9)3-2-4-11(10)16-12(13)14/h2-7,12H,1H3. The minimum Gasteiger partial charge on any atom is -0.497 e. The monoisotopic (exact) mass is 224 g/mol. The van der Waals surface area contributed by atoms with Crippen LogP contribution < -0.4 is 9.47 Å². The lowest BCUT2D eigenvalue weighted by Crippen LogP contribution is -2.02. The summed E-state index contributed by atoms with van der Waals surface area (Å²) in [5.41, 5.74) is 0. The van der Waals surface area contributed by atoms with Gasteiger partial charge >= 0.3 is 6.61 Å². The van der Waals surface area contributed by atoms with Crippen molar-refractivity contribution in [1.82, 2.24) is 0 Å². The van der Waals surface area contributed by atoms with Gasteiger partial charge in [0, 0.05) is 5.39 Å². The molecule has 0 fully saturated rings. The number of ether oxygens (including phenoxy) is 2. The molecule has 0 amide bonds. The van der Waals surface area contributed by atoms with Gasteiger partial charge in [-0.05, 0) is 29.7 Å². The van der Waals surface area contributed by atoms with Crippen LogP contribution in [0.4, 0.5) is 8.78 Å². The highest BCUT2D eigenvalue weighted by Crippen LogP contribution is 2.29. The predicted octanol–water partition coefficient (Wildman–Crippen LogP) is 3.45. The summed E-state index contributed by atoms with van der Waals surface area (Å²) in [6.07, 6.45) is 0. The Morgan fingerprint density at radius 3 is 2.62 bits per heavy atom. The van der Waals surface area contributed by atoms with Crippen molar-refractivity contribution < 1.29 is 18.3 Å². The molecule has 0 aliphatic rings. The van der Waals surface area contributed by atoms with E-state index in [0.717, 1.165) is 5.39 Å². The highest BCUT2D eigenvalue weighted by molar-refractivity contribution is 5.89. The Kier molecular flexibility index (Phi) is 2.90. The Morgan fingerprint density at radius 1 is 1.12 bits per heavy atom. The fourth-order valence-corrected chi connectivity index (χ4v) is 1.56. The normalized spacial score (nSPS) is 10.8. The van der Waals surface area contributed by atoms with Crippen molar-refractivity contribution in [2.45, 2.75) is 6.61 Å². The number of fused-ring (bicyclic) bond motifs is 1. The highest BCUT2D eigenvalue weighted by Gasteiger charge is 2.08. The lowest BCUT2D eigenvalue weighted by Gasteiger charge is -2.08. The average Bonchev–Trinajstić information content (AvgIpc) is 2.28. The smallest absolute Gasteiger partial charge is 0.387 e. The van der Waals surface area contributed by atoms with Crippen LogP contribution in [0.25, 0.3) is 10.8 Å². The average molecular weight is 224 g/mol. The molecule has 0 saturated carbocycles. The zero-order valence-corrected chi connectivity index (χ0v) is 8.61. The number of hydrogen-bond acceptors (Lipinski definition) is 2. The molecule has 0 saturated heterocycles. The maximum absolute atomic E-state index is 12.1. The molecule has 0 heterocycles. The molecular formula is C12H10F2O2. The number of hydrogen-bond donors (Lipinski definition) is 0. The molecule has 0 aliphatic heterocycles. The van der Waals surface area contributed by atoms with E-state index in [2.05, 4.69) is 4.74 Å². The van der Waals surface area contributed by atoms with Crippen LogP contribution >= 0.6 is 0 Å². The number of rotatable bonds is 3. The number of methoxy groups -OCH3 is 1. The molecule has 0 unspecified atom stereocenters. The summed E-state index contributed by atoms with van der Waals surface area (Å²) in [5.74, 6) is 0.858. The second kappa shape index (κ2) is 4.35. The summed E-state index contributed by atoms with van der Waals surface area (Å²) >= 11 is 0. The SMILES string of the molecule is COc1ccc2c(OC(F)F)cccc2c1. The molecule has 0 atom stereocenters. The van der Waals surface area contributed by atoms with Crippen LogP contribution in [0.3, 0.4) is 0 Å². The van der Waals surface area contributed by atoms with Crippen LogP contribution in [-0.4, -0.2) is 13.7 Å². The minimum atomic E-state index is -2.81. The number of benzene rings is 2. The van der Waals surface area contributed by atoms with E-state index in [9.17, 15) is 8.78 Å². The molecule has 0 bridgehead atoms. The van der Waals surface area contributed by atoms with Gasteiger partial charge in [-0.15, -0.1) is 0 Å². The van der Waals surface area contributed by atoms with Crippen molar-refractivity contribution in [3.05, 3.63) is 36.4 Å². The Bertz CT molecular complexity index is 497. The van der Waals surface area contributed by atoms with Gasteiger partial charge in [0.15, 0.2) is 0 Å². The Balaban J connectivity index is 2.51. The summed E-state index contributed by atoms with van der Waals surface area (Å²) in [4.78, 5) is 0. The third kappa shape index (κ3) is 2.05. The molecule has 2 aromatic carbocycles. The summed E-state index contributed by atoms with van der Waals surface area (Å²) < 4.78 is 33.8. The lowest BCUT2D eigenvalue weighted by molar-refractivity contribution is -0.0487. The third-order valence-corrected chi connectivity index (χ3v) is 2.26. The van der Waals surface area contributed by atoms with Crippen LogP contribution in [0, 0.1) is 0 Å². The van der Waals surface area contributed by atoms with Gasteiger partial charge in [0.25, 0.3) is 0 Å². The van der Waals surface area contributed by atoms with Crippen LogP contribution in [0.1, 0.15) is 0 Å². The summed E-state index contributed by atoms with van der Waals surface area (Å²) in [7, 11) is 1.56.